The molecule has 0 heterocycles. The number of halogens is 2. The van der Waals surface area contributed by atoms with E-state index in [0.717, 1.165) is 27.8 Å². The predicted octanol–water partition coefficient (Wildman–Crippen LogP) is 5.72. The molecule has 0 fully saturated rings. The monoisotopic (exact) mass is 366 g/mol. The van der Waals surface area contributed by atoms with Crippen molar-refractivity contribution in [1.29, 1.82) is 0 Å². The molecule has 0 saturated carbocycles. The van der Waals surface area contributed by atoms with E-state index in [2.05, 4.69) is 0 Å². The van der Waals surface area contributed by atoms with Crippen molar-refractivity contribution in [2.24, 2.45) is 0 Å². The van der Waals surface area contributed by atoms with Gasteiger partial charge in [0.2, 0.25) is 0 Å². The molecule has 0 amide bonds. The second kappa shape index (κ2) is 8.58. The standard InChI is InChI=1S/C23H20F2O2/c1-2-27-23(26)14-16-3-4-19(17-5-9-21(24)10-6-17)15-20(13-16)18-7-11-22(25)12-8-18/h5-15H,2-4H2,1H3/b16-14-. The molecule has 0 aromatic heterocycles. The Labute approximate surface area is 157 Å². The molecule has 0 unspecified atom stereocenters. The summed E-state index contributed by atoms with van der Waals surface area (Å²) in [5.74, 6) is -0.976. The summed E-state index contributed by atoms with van der Waals surface area (Å²) in [6, 6.07) is 12.5. The Balaban J connectivity index is 2.01. The van der Waals surface area contributed by atoms with Gasteiger partial charge in [0, 0.05) is 6.08 Å². The van der Waals surface area contributed by atoms with E-state index in [1.54, 1.807) is 31.2 Å². The summed E-state index contributed by atoms with van der Waals surface area (Å²) in [6.45, 7) is 2.08. The van der Waals surface area contributed by atoms with Crippen LogP contribution in [0.4, 0.5) is 8.78 Å². The Hall–Kier alpha value is -3.01. The molecule has 2 nitrogen and oxygen atoms in total. The van der Waals surface area contributed by atoms with Gasteiger partial charge in [-0.15, -0.1) is 0 Å². The largest absolute Gasteiger partial charge is 0.463 e. The van der Waals surface area contributed by atoms with Gasteiger partial charge in [0.15, 0.2) is 0 Å². The Bertz CT molecular complexity index is 904. The van der Waals surface area contributed by atoms with E-state index in [1.165, 1.54) is 30.3 Å². The Morgan fingerprint density at radius 3 is 2.11 bits per heavy atom. The summed E-state index contributed by atoms with van der Waals surface area (Å²) in [6.07, 6.45) is 6.76. The van der Waals surface area contributed by atoms with E-state index < -0.39 is 0 Å². The number of hydrogen-bond donors (Lipinski definition) is 0. The van der Waals surface area contributed by atoms with Gasteiger partial charge in [-0.1, -0.05) is 36.4 Å². The van der Waals surface area contributed by atoms with E-state index in [0.29, 0.717) is 19.4 Å². The van der Waals surface area contributed by atoms with E-state index in [1.807, 2.05) is 12.2 Å². The highest BCUT2D eigenvalue weighted by Gasteiger charge is 2.13. The third-order valence-electron chi connectivity index (χ3n) is 4.34. The first-order valence-corrected chi connectivity index (χ1v) is 8.86. The highest BCUT2D eigenvalue weighted by Crippen LogP contribution is 2.32. The molecule has 0 saturated heterocycles. The van der Waals surface area contributed by atoms with Gasteiger partial charge in [0.25, 0.3) is 0 Å². The lowest BCUT2D eigenvalue weighted by Crippen LogP contribution is -2.00. The zero-order chi connectivity index (χ0) is 19.2. The number of allylic oxidation sites excluding steroid dienone is 5. The molecule has 1 aliphatic carbocycles. The summed E-state index contributed by atoms with van der Waals surface area (Å²) >= 11 is 0. The summed E-state index contributed by atoms with van der Waals surface area (Å²) in [5.41, 5.74) is 4.48. The van der Waals surface area contributed by atoms with Gasteiger partial charge in [-0.25, -0.2) is 13.6 Å². The van der Waals surface area contributed by atoms with Gasteiger partial charge in [-0.05, 0) is 71.9 Å². The van der Waals surface area contributed by atoms with Crippen molar-refractivity contribution in [2.45, 2.75) is 19.8 Å². The van der Waals surface area contributed by atoms with Crippen molar-refractivity contribution in [1.82, 2.24) is 0 Å². The number of esters is 1. The molecular formula is C23H20F2O2. The fourth-order valence-electron chi connectivity index (χ4n) is 3.00. The smallest absolute Gasteiger partial charge is 0.331 e. The zero-order valence-corrected chi connectivity index (χ0v) is 15.0. The third kappa shape index (κ3) is 5.00. The predicted molar refractivity (Wildman–Crippen MR) is 103 cm³/mol. The van der Waals surface area contributed by atoms with Crippen LogP contribution >= 0.6 is 0 Å². The number of carbonyl (C=O) groups is 1. The normalized spacial score (nSPS) is 15.7. The maximum absolute atomic E-state index is 13.3. The maximum Gasteiger partial charge on any atom is 0.331 e. The quantitative estimate of drug-likeness (QED) is 0.511. The van der Waals surface area contributed by atoms with Crippen LogP contribution in [0.25, 0.3) is 11.1 Å². The highest BCUT2D eigenvalue weighted by molar-refractivity contribution is 5.89. The van der Waals surface area contributed by atoms with Crippen LogP contribution in [0.3, 0.4) is 0 Å². The second-order valence-electron chi connectivity index (χ2n) is 6.25. The second-order valence-corrected chi connectivity index (χ2v) is 6.25. The topological polar surface area (TPSA) is 26.3 Å². The molecule has 0 aliphatic heterocycles. The third-order valence-corrected chi connectivity index (χ3v) is 4.34. The van der Waals surface area contributed by atoms with Gasteiger partial charge >= 0.3 is 5.97 Å². The van der Waals surface area contributed by atoms with Gasteiger partial charge < -0.3 is 4.74 Å². The van der Waals surface area contributed by atoms with Crippen molar-refractivity contribution < 1.29 is 18.3 Å². The van der Waals surface area contributed by atoms with Crippen LogP contribution in [-0.4, -0.2) is 12.6 Å². The van der Waals surface area contributed by atoms with Gasteiger partial charge in [0.05, 0.1) is 6.61 Å². The van der Waals surface area contributed by atoms with Crippen LogP contribution in [0.5, 0.6) is 0 Å². The Morgan fingerprint density at radius 2 is 1.52 bits per heavy atom. The van der Waals surface area contributed by atoms with E-state index in [-0.39, 0.29) is 17.6 Å². The van der Waals surface area contributed by atoms with Crippen LogP contribution in [0.1, 0.15) is 30.9 Å². The number of rotatable bonds is 4. The number of hydrogen-bond acceptors (Lipinski definition) is 2. The number of carbonyl (C=O) groups excluding carboxylic acids is 1. The van der Waals surface area contributed by atoms with E-state index >= 15 is 0 Å². The zero-order valence-electron chi connectivity index (χ0n) is 15.0. The lowest BCUT2D eigenvalue weighted by atomic mass is 9.98. The average molecular weight is 366 g/mol. The molecule has 27 heavy (non-hydrogen) atoms. The van der Waals surface area contributed by atoms with Gasteiger partial charge in [-0.2, -0.15) is 0 Å². The SMILES string of the molecule is CCOC(=O)/C=C1\C=C(c2ccc(F)cc2)C=C(c2ccc(F)cc2)CC1. The fraction of sp³-hybridized carbons (Fsp3) is 0.174. The lowest BCUT2D eigenvalue weighted by Gasteiger charge is -2.07. The minimum absolute atomic E-state index is 0.287. The van der Waals surface area contributed by atoms with Crippen LogP contribution in [0, 0.1) is 11.6 Å². The minimum Gasteiger partial charge on any atom is -0.463 e. The van der Waals surface area contributed by atoms with Crippen LogP contribution < -0.4 is 0 Å². The Kier molecular flexibility index (Phi) is 5.97. The number of ether oxygens (including phenoxy) is 1. The van der Waals surface area contributed by atoms with E-state index in [9.17, 15) is 13.6 Å². The highest BCUT2D eigenvalue weighted by atomic mass is 19.1. The summed E-state index contributed by atoms with van der Waals surface area (Å²) in [7, 11) is 0. The van der Waals surface area contributed by atoms with Gasteiger partial charge in [0.1, 0.15) is 11.6 Å². The molecule has 0 atom stereocenters. The first kappa shape index (κ1) is 18.8. The van der Waals surface area contributed by atoms with Crippen molar-refractivity contribution in [2.75, 3.05) is 6.61 Å². The molecule has 3 rings (SSSR count). The summed E-state index contributed by atoms with van der Waals surface area (Å²) < 4.78 is 31.6. The minimum atomic E-state index is -0.382. The molecule has 2 aromatic carbocycles. The van der Waals surface area contributed by atoms with Crippen molar-refractivity contribution in [3.63, 3.8) is 0 Å². The molecule has 1 aliphatic rings. The molecule has 0 bridgehead atoms. The first-order valence-electron chi connectivity index (χ1n) is 8.86. The van der Waals surface area contributed by atoms with Crippen molar-refractivity contribution in [3.05, 3.63) is 95.1 Å². The van der Waals surface area contributed by atoms with E-state index in [4.69, 9.17) is 4.74 Å². The van der Waals surface area contributed by atoms with Crippen LogP contribution in [-0.2, 0) is 9.53 Å². The fourth-order valence-corrected chi connectivity index (χ4v) is 3.00. The molecule has 4 heteroatoms. The molecule has 0 spiro atoms. The molecule has 0 radical (unpaired) electrons. The lowest BCUT2D eigenvalue weighted by molar-refractivity contribution is -0.137. The van der Waals surface area contributed by atoms with Crippen LogP contribution in [0.15, 0.2) is 72.3 Å². The average Bonchev–Trinajstić information content (AvgIpc) is 2.86. The summed E-state index contributed by atoms with van der Waals surface area (Å²) in [4.78, 5) is 11.9. The molecule has 138 valence electrons. The molecule has 2 aromatic rings. The summed E-state index contributed by atoms with van der Waals surface area (Å²) in [5, 5.41) is 0. The molecule has 0 N–H and O–H groups in total. The molecular weight excluding hydrogens is 346 g/mol. The van der Waals surface area contributed by atoms with Crippen molar-refractivity contribution in [3.8, 4) is 0 Å². The Morgan fingerprint density at radius 1 is 0.926 bits per heavy atom. The maximum atomic E-state index is 13.3. The van der Waals surface area contributed by atoms with Crippen LogP contribution in [0.2, 0.25) is 0 Å². The first-order chi connectivity index (χ1) is 13.0. The number of benzene rings is 2. The van der Waals surface area contributed by atoms with Gasteiger partial charge in [-0.3, -0.25) is 0 Å². The van der Waals surface area contributed by atoms with Crippen molar-refractivity contribution >= 4 is 17.1 Å².